The van der Waals surface area contributed by atoms with Crippen LogP contribution in [0.4, 0.5) is 0 Å². The Morgan fingerprint density at radius 3 is 3.25 bits per heavy atom. The fourth-order valence-corrected chi connectivity index (χ4v) is 1.09. The molecule has 0 aliphatic carbocycles. The van der Waals surface area contributed by atoms with Gasteiger partial charge in [0, 0.05) is 4.79 Å². The molecule has 1 rings (SSSR count). The zero-order valence-corrected chi connectivity index (χ0v) is 6.78. The molecule has 0 aromatic heterocycles. The van der Waals surface area contributed by atoms with Crippen LogP contribution in [0.2, 0.25) is 0 Å². The number of ether oxygens (including phenoxy) is 1. The second kappa shape index (κ2) is 3.78. The van der Waals surface area contributed by atoms with Crippen molar-refractivity contribution in [3.05, 3.63) is 0 Å². The van der Waals surface area contributed by atoms with Crippen LogP contribution < -0.4 is 0 Å². The Balaban J connectivity index is 2.64. The fraction of sp³-hybridized carbons (Fsp3) is 0.571. The minimum absolute atomic E-state index is 0.316. The SMILES string of the molecule is COC(=O)[C@@H]1CCC(C=[N+]=N)=N1. The minimum Gasteiger partial charge on any atom is -0.467 e. The van der Waals surface area contributed by atoms with Crippen molar-refractivity contribution in [2.24, 2.45) is 4.99 Å². The highest BCUT2D eigenvalue weighted by Gasteiger charge is 2.25. The Morgan fingerprint density at radius 2 is 2.67 bits per heavy atom. The number of carbonyl (C=O) groups excluding carboxylic acids is 1. The molecule has 1 heterocycles. The Bertz CT molecular complexity index is 266. The molecule has 0 bridgehead atoms. The van der Waals surface area contributed by atoms with Crippen LogP contribution in [-0.2, 0) is 9.53 Å². The maximum atomic E-state index is 10.9. The minimum atomic E-state index is -0.386. The van der Waals surface area contributed by atoms with Crippen molar-refractivity contribution in [1.29, 1.82) is 5.53 Å². The number of methoxy groups -OCH3 is 1. The average Bonchev–Trinajstić information content (AvgIpc) is 2.52. The summed E-state index contributed by atoms with van der Waals surface area (Å²) in [5.74, 6) is -0.316. The average molecular weight is 168 g/mol. The summed E-state index contributed by atoms with van der Waals surface area (Å²) < 4.78 is 4.52. The Morgan fingerprint density at radius 1 is 1.92 bits per heavy atom. The van der Waals surface area contributed by atoms with E-state index in [4.69, 9.17) is 5.53 Å². The van der Waals surface area contributed by atoms with Crippen molar-refractivity contribution in [3.8, 4) is 0 Å². The quantitative estimate of drug-likeness (QED) is 0.274. The molecule has 0 spiro atoms. The monoisotopic (exact) mass is 168 g/mol. The molecule has 0 unspecified atom stereocenters. The van der Waals surface area contributed by atoms with Crippen LogP contribution in [0.3, 0.4) is 0 Å². The summed E-state index contributed by atoms with van der Waals surface area (Å²) in [4.78, 5) is 18.0. The molecule has 0 aromatic carbocycles. The number of hydrogen-bond acceptors (Lipinski definition) is 4. The molecule has 0 saturated heterocycles. The predicted octanol–water partition coefficient (Wildman–Crippen LogP) is 0.0728. The number of nitrogens with one attached hydrogen (secondary N) is 1. The standard InChI is InChI=1S/C7H10N3O2/c1-12-7(11)6-3-2-5(10-6)4-9-8/h4,6,8H,2-3H2,1H3/q+1/t6-/m0/s1. The highest BCUT2D eigenvalue weighted by molar-refractivity contribution is 6.29. The van der Waals surface area contributed by atoms with Gasteiger partial charge in [-0.15, -0.1) is 0 Å². The molecular formula is C7H10N3O2+. The van der Waals surface area contributed by atoms with Crippen LogP contribution in [0.15, 0.2) is 4.99 Å². The van der Waals surface area contributed by atoms with Gasteiger partial charge in [0.2, 0.25) is 0 Å². The van der Waals surface area contributed by atoms with Crippen molar-refractivity contribution in [2.45, 2.75) is 18.9 Å². The van der Waals surface area contributed by atoms with Gasteiger partial charge in [-0.25, -0.2) is 4.79 Å². The largest absolute Gasteiger partial charge is 0.467 e. The number of hydrogen-bond donors (Lipinski definition) is 1. The summed E-state index contributed by atoms with van der Waals surface area (Å²) in [5, 5.41) is 0. The van der Waals surface area contributed by atoms with Crippen LogP contribution in [0, 0.1) is 5.53 Å². The molecule has 0 amide bonds. The molecule has 1 N–H and O–H groups in total. The van der Waals surface area contributed by atoms with Gasteiger partial charge >= 0.3 is 12.2 Å². The van der Waals surface area contributed by atoms with Gasteiger partial charge in [0.1, 0.15) is 11.8 Å². The number of carbonyl (C=O) groups is 1. The van der Waals surface area contributed by atoms with E-state index in [0.29, 0.717) is 18.6 Å². The van der Waals surface area contributed by atoms with E-state index in [1.807, 2.05) is 0 Å². The molecule has 0 aromatic rings. The van der Waals surface area contributed by atoms with Crippen LogP contribution in [0.1, 0.15) is 12.8 Å². The van der Waals surface area contributed by atoms with Crippen LogP contribution in [0.25, 0.3) is 0 Å². The summed E-state index contributed by atoms with van der Waals surface area (Å²) in [6, 6.07) is -0.386. The first-order valence-electron chi connectivity index (χ1n) is 3.62. The first-order chi connectivity index (χ1) is 5.77. The maximum absolute atomic E-state index is 10.9. The van der Waals surface area contributed by atoms with Crippen LogP contribution in [-0.4, -0.2) is 35.8 Å². The van der Waals surface area contributed by atoms with E-state index in [1.54, 1.807) is 0 Å². The van der Waals surface area contributed by atoms with E-state index in [1.165, 1.54) is 13.3 Å². The Hall–Kier alpha value is -1.48. The van der Waals surface area contributed by atoms with Crippen molar-refractivity contribution in [2.75, 3.05) is 7.11 Å². The lowest BCUT2D eigenvalue weighted by atomic mass is 10.2. The van der Waals surface area contributed by atoms with Gasteiger partial charge in [-0.3, -0.25) is 4.99 Å². The third-order valence-corrected chi connectivity index (χ3v) is 1.68. The number of esters is 1. The molecule has 5 nitrogen and oxygen atoms in total. The van der Waals surface area contributed by atoms with Crippen molar-refractivity contribution >= 4 is 17.9 Å². The van der Waals surface area contributed by atoms with E-state index >= 15 is 0 Å². The normalized spacial score (nSPS) is 21.1. The van der Waals surface area contributed by atoms with E-state index in [-0.39, 0.29) is 12.0 Å². The Kier molecular flexibility index (Phi) is 2.71. The maximum Gasteiger partial charge on any atom is 0.350 e. The number of aliphatic imine (C=N–C) groups is 1. The van der Waals surface area contributed by atoms with Crippen LogP contribution >= 0.6 is 0 Å². The second-order valence-electron chi connectivity index (χ2n) is 2.46. The molecule has 64 valence electrons. The van der Waals surface area contributed by atoms with Gasteiger partial charge in [-0.1, -0.05) is 0 Å². The highest BCUT2D eigenvalue weighted by atomic mass is 16.5. The number of rotatable bonds is 2. The lowest BCUT2D eigenvalue weighted by Gasteiger charge is -2.01. The molecule has 0 radical (unpaired) electrons. The summed E-state index contributed by atoms with van der Waals surface area (Å²) in [7, 11) is 1.34. The fourth-order valence-electron chi connectivity index (χ4n) is 1.09. The molecule has 1 atom stereocenters. The van der Waals surface area contributed by atoms with Gasteiger partial charge in [-0.05, 0) is 12.8 Å². The molecule has 12 heavy (non-hydrogen) atoms. The zero-order chi connectivity index (χ0) is 8.97. The summed E-state index contributed by atoms with van der Waals surface area (Å²) in [6.07, 6.45) is 2.71. The van der Waals surface area contributed by atoms with E-state index in [0.717, 1.165) is 0 Å². The third kappa shape index (κ3) is 1.77. The summed E-state index contributed by atoms with van der Waals surface area (Å²) in [6.45, 7) is 0. The highest BCUT2D eigenvalue weighted by Crippen LogP contribution is 2.12. The van der Waals surface area contributed by atoms with Gasteiger partial charge < -0.3 is 4.74 Å². The third-order valence-electron chi connectivity index (χ3n) is 1.68. The molecule has 0 saturated carbocycles. The van der Waals surface area contributed by atoms with Gasteiger partial charge in [-0.2, -0.15) is 0 Å². The van der Waals surface area contributed by atoms with Gasteiger partial charge in [0.15, 0.2) is 0 Å². The van der Waals surface area contributed by atoms with E-state index in [9.17, 15) is 4.79 Å². The second-order valence-corrected chi connectivity index (χ2v) is 2.46. The summed E-state index contributed by atoms with van der Waals surface area (Å²) >= 11 is 0. The lowest BCUT2D eigenvalue weighted by Crippen LogP contribution is -2.16. The predicted molar refractivity (Wildman–Crippen MR) is 41.5 cm³/mol. The molecule has 0 fully saturated rings. The number of nitrogens with zero attached hydrogens (tertiary/aromatic N) is 2. The van der Waals surface area contributed by atoms with Crippen molar-refractivity contribution < 1.29 is 14.3 Å². The molecule has 1 aliphatic heterocycles. The molecular weight excluding hydrogens is 158 g/mol. The van der Waals surface area contributed by atoms with Gasteiger partial charge in [0.25, 0.3) is 0 Å². The van der Waals surface area contributed by atoms with E-state index in [2.05, 4.69) is 14.5 Å². The first-order valence-corrected chi connectivity index (χ1v) is 3.62. The smallest absolute Gasteiger partial charge is 0.350 e. The Labute approximate surface area is 69.7 Å². The van der Waals surface area contributed by atoms with Crippen LogP contribution in [0.5, 0.6) is 0 Å². The van der Waals surface area contributed by atoms with Gasteiger partial charge in [0.05, 0.1) is 12.6 Å². The first kappa shape index (κ1) is 8.62. The topological polar surface area (TPSA) is 76.6 Å². The van der Waals surface area contributed by atoms with E-state index < -0.39 is 0 Å². The van der Waals surface area contributed by atoms with Crippen molar-refractivity contribution in [3.63, 3.8) is 0 Å². The molecule has 5 heteroatoms. The summed E-state index contributed by atoms with van der Waals surface area (Å²) in [5.41, 5.74) is 7.25. The molecule has 1 aliphatic rings. The zero-order valence-electron chi connectivity index (χ0n) is 6.78. The lowest BCUT2D eigenvalue weighted by molar-refractivity contribution is -0.141. The van der Waals surface area contributed by atoms with Crippen molar-refractivity contribution in [1.82, 2.24) is 0 Å².